The van der Waals surface area contributed by atoms with Gasteiger partial charge in [-0.15, -0.1) is 10.2 Å². The molecule has 0 radical (unpaired) electrons. The molecule has 0 amide bonds. The second kappa shape index (κ2) is 9.66. The smallest absolute Gasteiger partial charge is 0.260 e. The average molecular weight is 535 g/mol. The number of likely N-dealkylation sites (tertiary alicyclic amines) is 1. The third-order valence-corrected chi connectivity index (χ3v) is 7.28. The Labute approximate surface area is 214 Å². The summed E-state index contributed by atoms with van der Waals surface area (Å²) in [5.74, 6) is -0.435. The second-order valence-corrected chi connectivity index (χ2v) is 9.64. The largest absolute Gasteiger partial charge is 0.479 e. The van der Waals surface area contributed by atoms with Crippen LogP contribution in [0.5, 0.6) is 5.88 Å². The van der Waals surface area contributed by atoms with E-state index in [0.29, 0.717) is 42.8 Å². The van der Waals surface area contributed by atoms with Crippen molar-refractivity contribution in [2.75, 3.05) is 38.7 Å². The molecule has 202 valence electrons. The number of fused-ring (bicyclic) bond motifs is 2. The highest BCUT2D eigenvalue weighted by Crippen LogP contribution is 2.36. The standard InChI is InChI=1S/C24H26F4N8O2/c1-12(22(27)28)36-19-7-13(3-4-18(19)31-33-36)20-16(26)9-35-21(20)23(37-2)30-24(32-35)29-17-5-6-34(8-15(17)25)14-10-38-11-14/h3-4,7,9,12,14-15,17,22H,5-6,8,10-11H2,1-2H3,(H,29,32)/t12-,15-,17-/m1/s1. The van der Waals surface area contributed by atoms with E-state index in [1.165, 1.54) is 24.7 Å². The Bertz CT molecular complexity index is 1470. The first-order valence-corrected chi connectivity index (χ1v) is 12.3. The number of ether oxygens (including phenoxy) is 2. The molecule has 0 saturated carbocycles. The molecule has 1 N–H and O–H groups in total. The van der Waals surface area contributed by atoms with Crippen molar-refractivity contribution in [2.45, 2.75) is 44.1 Å². The topological polar surface area (TPSA) is 94.6 Å². The number of benzene rings is 1. The normalized spacial score (nSPS) is 21.8. The molecule has 0 aliphatic carbocycles. The number of piperidine rings is 1. The number of halogens is 4. The molecular weight excluding hydrogens is 508 g/mol. The number of nitrogens with zero attached hydrogens (tertiary/aromatic N) is 7. The SMILES string of the molecule is COc1nc(N[C@@H]2CCN(C3COC3)C[C@H]2F)nn2cc(F)c(-c3ccc4nnn([C@H](C)C(F)F)c4c3)c12. The van der Waals surface area contributed by atoms with E-state index in [1.54, 1.807) is 18.2 Å². The van der Waals surface area contributed by atoms with Gasteiger partial charge in [-0.3, -0.25) is 4.90 Å². The molecule has 6 rings (SSSR count). The third kappa shape index (κ3) is 4.21. The fourth-order valence-corrected chi connectivity index (χ4v) is 5.02. The Morgan fingerprint density at radius 2 is 2.05 bits per heavy atom. The molecule has 10 nitrogen and oxygen atoms in total. The Morgan fingerprint density at radius 3 is 2.74 bits per heavy atom. The van der Waals surface area contributed by atoms with Crippen molar-refractivity contribution in [1.29, 1.82) is 0 Å². The van der Waals surface area contributed by atoms with Gasteiger partial charge in [0, 0.05) is 13.1 Å². The number of hydrogen-bond acceptors (Lipinski definition) is 8. The van der Waals surface area contributed by atoms with Gasteiger partial charge in [0.25, 0.3) is 6.43 Å². The molecule has 14 heteroatoms. The summed E-state index contributed by atoms with van der Waals surface area (Å²) in [6.07, 6.45) is -2.08. The number of nitrogens with one attached hydrogen (secondary N) is 1. The van der Waals surface area contributed by atoms with Gasteiger partial charge >= 0.3 is 0 Å². The molecule has 1 aromatic carbocycles. The van der Waals surface area contributed by atoms with Gasteiger partial charge in [0.05, 0.1) is 49.7 Å². The van der Waals surface area contributed by atoms with Crippen molar-refractivity contribution >= 4 is 22.5 Å². The van der Waals surface area contributed by atoms with Crippen LogP contribution >= 0.6 is 0 Å². The van der Waals surface area contributed by atoms with Crippen LogP contribution < -0.4 is 10.1 Å². The van der Waals surface area contributed by atoms with Gasteiger partial charge in [0.1, 0.15) is 23.2 Å². The summed E-state index contributed by atoms with van der Waals surface area (Å²) >= 11 is 0. The number of anilines is 1. The highest BCUT2D eigenvalue weighted by Gasteiger charge is 2.36. The summed E-state index contributed by atoms with van der Waals surface area (Å²) in [6, 6.07) is 3.28. The summed E-state index contributed by atoms with van der Waals surface area (Å²) in [5, 5.41) is 15.2. The van der Waals surface area contributed by atoms with Crippen LogP contribution in [-0.2, 0) is 4.74 Å². The van der Waals surface area contributed by atoms with Crippen molar-refractivity contribution in [1.82, 2.24) is 34.5 Å². The molecule has 4 aromatic rings. The number of hydrogen-bond donors (Lipinski definition) is 1. The van der Waals surface area contributed by atoms with Crippen molar-refractivity contribution in [3.8, 4) is 17.0 Å². The monoisotopic (exact) mass is 534 g/mol. The molecule has 0 bridgehead atoms. The van der Waals surface area contributed by atoms with Gasteiger partial charge in [-0.05, 0) is 31.0 Å². The lowest BCUT2D eigenvalue weighted by Gasteiger charge is -2.42. The highest BCUT2D eigenvalue weighted by molar-refractivity contribution is 5.89. The molecule has 38 heavy (non-hydrogen) atoms. The van der Waals surface area contributed by atoms with E-state index in [2.05, 4.69) is 30.6 Å². The molecule has 3 aromatic heterocycles. The summed E-state index contributed by atoms with van der Waals surface area (Å²) in [4.78, 5) is 6.48. The van der Waals surface area contributed by atoms with E-state index >= 15 is 4.39 Å². The van der Waals surface area contributed by atoms with Gasteiger partial charge in [-0.25, -0.2) is 26.8 Å². The zero-order chi connectivity index (χ0) is 26.6. The Balaban J connectivity index is 1.33. The van der Waals surface area contributed by atoms with Crippen LogP contribution in [0.4, 0.5) is 23.5 Å². The van der Waals surface area contributed by atoms with Crippen molar-refractivity contribution in [3.63, 3.8) is 0 Å². The molecule has 2 aliphatic heterocycles. The summed E-state index contributed by atoms with van der Waals surface area (Å²) in [5.41, 5.74) is 1.50. The van der Waals surface area contributed by atoms with Crippen molar-refractivity contribution in [2.24, 2.45) is 0 Å². The fourth-order valence-electron chi connectivity index (χ4n) is 5.02. The molecule has 0 unspecified atom stereocenters. The minimum Gasteiger partial charge on any atom is -0.479 e. The van der Waals surface area contributed by atoms with Gasteiger partial charge in [-0.1, -0.05) is 11.3 Å². The van der Waals surface area contributed by atoms with Crippen LogP contribution in [-0.4, -0.2) is 92.6 Å². The lowest BCUT2D eigenvalue weighted by atomic mass is 10.0. The Hall–Kier alpha value is -3.52. The fraction of sp³-hybridized carbons (Fsp3) is 0.500. The van der Waals surface area contributed by atoms with Crippen LogP contribution in [0.25, 0.3) is 27.7 Å². The van der Waals surface area contributed by atoms with Crippen molar-refractivity contribution in [3.05, 3.63) is 30.2 Å². The van der Waals surface area contributed by atoms with E-state index in [4.69, 9.17) is 9.47 Å². The molecular formula is C24H26F4N8O2. The molecule has 3 atom stereocenters. The van der Waals surface area contributed by atoms with Crippen LogP contribution in [0.15, 0.2) is 24.4 Å². The van der Waals surface area contributed by atoms with Crippen LogP contribution in [0.3, 0.4) is 0 Å². The third-order valence-electron chi connectivity index (χ3n) is 7.28. The minimum absolute atomic E-state index is 0.0774. The number of rotatable bonds is 7. The van der Waals surface area contributed by atoms with Crippen LogP contribution in [0.2, 0.25) is 0 Å². The molecule has 2 fully saturated rings. The van der Waals surface area contributed by atoms with Gasteiger partial charge < -0.3 is 14.8 Å². The number of methoxy groups -OCH3 is 1. The van der Waals surface area contributed by atoms with Crippen LogP contribution in [0, 0.1) is 5.82 Å². The maximum atomic E-state index is 15.3. The quantitative estimate of drug-likeness (QED) is 0.361. The van der Waals surface area contributed by atoms with E-state index in [9.17, 15) is 13.2 Å². The Kier molecular flexibility index (Phi) is 6.30. The first kappa shape index (κ1) is 24.8. The summed E-state index contributed by atoms with van der Waals surface area (Å²) in [7, 11) is 1.39. The van der Waals surface area contributed by atoms with E-state index in [-0.39, 0.29) is 35.5 Å². The van der Waals surface area contributed by atoms with Crippen LogP contribution in [0.1, 0.15) is 19.4 Å². The zero-order valence-corrected chi connectivity index (χ0v) is 20.7. The summed E-state index contributed by atoms with van der Waals surface area (Å²) < 4.78 is 70.1. The molecule has 2 saturated heterocycles. The van der Waals surface area contributed by atoms with Gasteiger partial charge in [-0.2, -0.15) is 4.98 Å². The lowest BCUT2D eigenvalue weighted by molar-refractivity contribution is -0.0794. The average Bonchev–Trinajstić information content (AvgIpc) is 3.43. The van der Waals surface area contributed by atoms with Gasteiger partial charge in [0.15, 0.2) is 5.82 Å². The second-order valence-electron chi connectivity index (χ2n) is 9.64. The maximum Gasteiger partial charge on any atom is 0.260 e. The van der Waals surface area contributed by atoms with Gasteiger partial charge in [0.2, 0.25) is 11.8 Å². The molecule has 5 heterocycles. The Morgan fingerprint density at radius 1 is 1.24 bits per heavy atom. The predicted octanol–water partition coefficient (Wildman–Crippen LogP) is 3.34. The van der Waals surface area contributed by atoms with E-state index in [0.717, 1.165) is 4.68 Å². The van der Waals surface area contributed by atoms with E-state index in [1.807, 2.05) is 0 Å². The number of alkyl halides is 3. The number of aromatic nitrogens is 6. The van der Waals surface area contributed by atoms with E-state index < -0.39 is 30.5 Å². The molecule has 2 aliphatic rings. The predicted molar refractivity (Wildman–Crippen MR) is 130 cm³/mol. The van der Waals surface area contributed by atoms with Crippen molar-refractivity contribution < 1.29 is 27.0 Å². The maximum absolute atomic E-state index is 15.3. The highest BCUT2D eigenvalue weighted by atomic mass is 19.3. The lowest BCUT2D eigenvalue weighted by Crippen LogP contribution is -2.57. The summed E-state index contributed by atoms with van der Waals surface area (Å²) in [6.45, 7) is 3.58. The zero-order valence-electron chi connectivity index (χ0n) is 20.7. The minimum atomic E-state index is -2.65. The first-order chi connectivity index (χ1) is 18.3. The molecule has 0 spiro atoms. The first-order valence-electron chi connectivity index (χ1n) is 12.3.